The molecule has 16 nitrogen and oxygen atoms in total. The summed E-state index contributed by atoms with van der Waals surface area (Å²) >= 11 is 0. The molecule has 2 aromatic carbocycles. The zero-order valence-electron chi connectivity index (χ0n) is 26.9. The molecule has 0 spiro atoms. The van der Waals surface area contributed by atoms with Gasteiger partial charge in [0.2, 0.25) is 0 Å². The summed E-state index contributed by atoms with van der Waals surface area (Å²) in [6.45, 7) is 3.57. The summed E-state index contributed by atoms with van der Waals surface area (Å²) in [7, 11) is 0. The van der Waals surface area contributed by atoms with Gasteiger partial charge in [0.1, 0.15) is 18.8 Å². The lowest BCUT2D eigenvalue weighted by Gasteiger charge is -2.46. The predicted octanol–water partition coefficient (Wildman–Crippen LogP) is 6.89. The van der Waals surface area contributed by atoms with Crippen molar-refractivity contribution in [3.05, 3.63) is 103 Å². The predicted molar refractivity (Wildman–Crippen MR) is 174 cm³/mol. The van der Waals surface area contributed by atoms with Gasteiger partial charge in [0.05, 0.1) is 30.3 Å². The average molecular weight is 661 g/mol. The topological polar surface area (TPSA) is 232 Å². The van der Waals surface area contributed by atoms with Crippen LogP contribution in [0.3, 0.4) is 0 Å². The van der Waals surface area contributed by atoms with Crippen molar-refractivity contribution in [3.63, 3.8) is 0 Å². The van der Waals surface area contributed by atoms with Gasteiger partial charge in [-0.2, -0.15) is 0 Å². The number of aliphatic hydroxyl groups excluding tert-OH is 1. The van der Waals surface area contributed by atoms with E-state index in [0.717, 1.165) is 18.1 Å². The van der Waals surface area contributed by atoms with Gasteiger partial charge in [0, 0.05) is 34.2 Å². The highest BCUT2D eigenvalue weighted by Gasteiger charge is 2.49. The quantitative estimate of drug-likeness (QED) is 0.104. The smallest absolute Gasteiger partial charge is 0.410 e. The van der Waals surface area contributed by atoms with E-state index < -0.39 is 54.6 Å². The summed E-state index contributed by atoms with van der Waals surface area (Å²) in [5, 5.41) is 22.8. The Hall–Kier alpha value is -4.97. The van der Waals surface area contributed by atoms with Gasteiger partial charge in [-0.05, 0) is 65.7 Å². The van der Waals surface area contributed by atoms with Crippen LogP contribution in [0.4, 0.5) is 4.79 Å². The third-order valence-electron chi connectivity index (χ3n) is 8.94. The van der Waals surface area contributed by atoms with Crippen molar-refractivity contribution < 1.29 is 28.9 Å². The van der Waals surface area contributed by atoms with E-state index in [1.54, 1.807) is 4.90 Å². The van der Waals surface area contributed by atoms with E-state index in [1.807, 2.05) is 67.6 Å². The Morgan fingerprint density at radius 2 is 1.46 bits per heavy atom. The van der Waals surface area contributed by atoms with E-state index in [2.05, 4.69) is 30.1 Å². The number of hydrogen-bond donors (Lipinski definition) is 1. The fourth-order valence-corrected chi connectivity index (χ4v) is 6.78. The van der Waals surface area contributed by atoms with E-state index >= 15 is 0 Å². The van der Waals surface area contributed by atoms with E-state index in [1.165, 1.54) is 0 Å². The molecule has 9 atom stereocenters. The molecule has 1 amide bonds. The maximum atomic E-state index is 13.7. The van der Waals surface area contributed by atoms with Gasteiger partial charge in [-0.25, -0.2) is 4.79 Å². The van der Waals surface area contributed by atoms with Crippen LogP contribution in [0.5, 0.6) is 0 Å². The third-order valence-corrected chi connectivity index (χ3v) is 8.94. The fraction of sp³-hybridized carbons (Fsp3) is 0.562. The molecule has 0 bridgehead atoms. The molecule has 4 rings (SSSR count). The number of carbonyl (C=O) groups is 2. The molecule has 1 N–H and O–H groups in total. The minimum Gasteiger partial charge on any atom is -0.459 e. The molecule has 0 heterocycles. The highest BCUT2D eigenvalue weighted by atomic mass is 16.6. The third kappa shape index (κ3) is 9.31. The second kappa shape index (κ2) is 17.8. The van der Waals surface area contributed by atoms with Crippen molar-refractivity contribution in [1.82, 2.24) is 4.90 Å². The molecular formula is C32H40N10O6. The standard InChI is InChI=1S/C32H40N10O6/c1-3-27(42(18-21-10-6-4-7-11-21)32(45)46-19-22-12-8-5-9-13-22)23-14-15-24(36-39-33)28(16-23)48-31-26(38-41-35)17-25(37-40-34)30(29(31)44)47-20(2)43/h4-13,23-31,44H,3,14-19H2,1-2H3/t23-,24-,25-,26+,27+,28+,29-,30+,31-/m1/s1. The number of carbonyl (C=O) groups excluding carboxylic acids is 2. The maximum Gasteiger partial charge on any atom is 0.410 e. The summed E-state index contributed by atoms with van der Waals surface area (Å²) in [5.41, 5.74) is 29.6. The minimum absolute atomic E-state index is 0.0498. The van der Waals surface area contributed by atoms with Gasteiger partial charge < -0.3 is 24.2 Å². The Labute approximate surface area is 277 Å². The Morgan fingerprint density at radius 1 is 0.875 bits per heavy atom. The molecule has 0 saturated heterocycles. The zero-order chi connectivity index (χ0) is 34.5. The summed E-state index contributed by atoms with van der Waals surface area (Å²) in [6.07, 6.45) is -3.25. The molecule has 48 heavy (non-hydrogen) atoms. The molecule has 0 aromatic heterocycles. The van der Waals surface area contributed by atoms with Crippen LogP contribution in [0.25, 0.3) is 31.3 Å². The Balaban J connectivity index is 1.61. The Kier molecular flexibility index (Phi) is 13.3. The van der Waals surface area contributed by atoms with Gasteiger partial charge in [0.15, 0.2) is 0 Å². The summed E-state index contributed by atoms with van der Waals surface area (Å²) < 4.78 is 17.6. The van der Waals surface area contributed by atoms with Crippen LogP contribution in [0, 0.1) is 5.92 Å². The first-order chi connectivity index (χ1) is 23.3. The Bertz CT molecular complexity index is 1510. The van der Waals surface area contributed by atoms with Crippen molar-refractivity contribution in [1.29, 1.82) is 0 Å². The van der Waals surface area contributed by atoms with Gasteiger partial charge in [-0.15, -0.1) is 0 Å². The number of nitrogens with zero attached hydrogens (tertiary/aromatic N) is 10. The first-order valence-corrected chi connectivity index (χ1v) is 15.9. The number of amides is 1. The largest absolute Gasteiger partial charge is 0.459 e. The van der Waals surface area contributed by atoms with Gasteiger partial charge in [0.25, 0.3) is 0 Å². The minimum atomic E-state index is -1.52. The highest BCUT2D eigenvalue weighted by Crippen LogP contribution is 2.38. The number of benzene rings is 2. The molecule has 2 aliphatic rings. The monoisotopic (exact) mass is 660 g/mol. The first-order valence-electron chi connectivity index (χ1n) is 15.9. The van der Waals surface area contributed by atoms with Crippen molar-refractivity contribution in [2.24, 2.45) is 21.3 Å². The van der Waals surface area contributed by atoms with Crippen LogP contribution in [0.1, 0.15) is 57.1 Å². The zero-order valence-corrected chi connectivity index (χ0v) is 26.9. The van der Waals surface area contributed by atoms with Crippen LogP contribution < -0.4 is 0 Å². The van der Waals surface area contributed by atoms with Crippen molar-refractivity contribution in [2.75, 3.05) is 0 Å². The number of hydrogen-bond acceptors (Lipinski definition) is 9. The number of azide groups is 3. The SMILES string of the molecule is CC[C@@H]([C@@H]1CC[C@@H](N=[N+]=[N-])[C@@H](O[C@H]2[C@H](O)[C@@H](OC(C)=O)[C@H](N=[N+]=[N-])C[C@@H]2N=[N+]=[N-])C1)N(Cc1ccccc1)C(=O)OCc1ccccc1. The van der Waals surface area contributed by atoms with E-state index in [4.69, 9.17) is 19.7 Å². The molecule has 0 aliphatic heterocycles. The highest BCUT2D eigenvalue weighted by molar-refractivity contribution is 5.68. The van der Waals surface area contributed by atoms with Crippen LogP contribution >= 0.6 is 0 Å². The molecule has 254 valence electrons. The molecule has 0 radical (unpaired) electrons. The molecular weight excluding hydrogens is 620 g/mol. The lowest BCUT2D eigenvalue weighted by atomic mass is 9.78. The molecule has 2 aromatic rings. The van der Waals surface area contributed by atoms with Crippen molar-refractivity contribution in [2.45, 2.75) is 108 Å². The Morgan fingerprint density at radius 3 is 2.04 bits per heavy atom. The lowest BCUT2D eigenvalue weighted by Crippen LogP contribution is -2.59. The fourth-order valence-electron chi connectivity index (χ4n) is 6.78. The maximum absolute atomic E-state index is 13.7. The van der Waals surface area contributed by atoms with Crippen molar-refractivity contribution in [3.8, 4) is 0 Å². The van der Waals surface area contributed by atoms with Crippen LogP contribution in [0.15, 0.2) is 76.0 Å². The van der Waals surface area contributed by atoms with Gasteiger partial charge in [-0.1, -0.05) is 82.9 Å². The second-order valence-corrected chi connectivity index (χ2v) is 12.0. The molecule has 0 unspecified atom stereocenters. The van der Waals surface area contributed by atoms with Crippen molar-refractivity contribution >= 4 is 12.1 Å². The van der Waals surface area contributed by atoms with E-state index in [-0.39, 0.29) is 25.0 Å². The normalized spacial score (nSPS) is 27.1. The van der Waals surface area contributed by atoms with E-state index in [9.17, 15) is 25.8 Å². The summed E-state index contributed by atoms with van der Waals surface area (Å²) in [5.74, 6) is -0.830. The van der Waals surface area contributed by atoms with E-state index in [0.29, 0.717) is 32.2 Å². The van der Waals surface area contributed by atoms with Crippen LogP contribution in [0.2, 0.25) is 0 Å². The molecule has 16 heteroatoms. The number of ether oxygens (including phenoxy) is 3. The van der Waals surface area contributed by atoms with Gasteiger partial charge in [-0.3, -0.25) is 4.79 Å². The van der Waals surface area contributed by atoms with Crippen LogP contribution in [-0.4, -0.2) is 70.7 Å². The molecule has 2 saturated carbocycles. The first kappa shape index (κ1) is 35.9. The van der Waals surface area contributed by atoms with Crippen LogP contribution in [-0.2, 0) is 32.2 Å². The molecule has 2 fully saturated rings. The number of aliphatic hydroxyl groups is 1. The number of esters is 1. The summed E-state index contributed by atoms with van der Waals surface area (Å²) in [4.78, 5) is 36.1. The second-order valence-electron chi connectivity index (χ2n) is 12.0. The number of rotatable bonds is 13. The lowest BCUT2D eigenvalue weighted by molar-refractivity contribution is -0.183. The molecule has 2 aliphatic carbocycles. The average Bonchev–Trinajstić information content (AvgIpc) is 3.09. The summed E-state index contributed by atoms with van der Waals surface area (Å²) in [6, 6.07) is 16.1. The van der Waals surface area contributed by atoms with Gasteiger partial charge >= 0.3 is 12.1 Å².